The molecule has 3 rings (SSSR count). The molecule has 172 valence electrons. The van der Waals surface area contributed by atoms with Gasteiger partial charge in [0.1, 0.15) is 17.9 Å². The van der Waals surface area contributed by atoms with Gasteiger partial charge < -0.3 is 20.5 Å². The van der Waals surface area contributed by atoms with Gasteiger partial charge in [-0.05, 0) is 67.4 Å². The number of nitrogens with one attached hydrogen (secondary N) is 2. The Kier molecular flexibility index (Phi) is 11.1. The van der Waals surface area contributed by atoms with E-state index in [2.05, 4.69) is 37.0 Å². The molecule has 0 aliphatic carbocycles. The standard InChI is InChI=1S/C14H15BrN2OS.C11H12N2O/c1-16-12-7-8-13(18-2)14(9-12)19-17-11-5-3-10(15)4-6-11;1-9(7-8-14)13-11(12)10-5-3-2-4-6-10/h3-9,16-17H,1-2H3;2-8H,1H3,(H2,12,13)/b;9-7+. The lowest BCUT2D eigenvalue weighted by molar-refractivity contribution is -0.104. The van der Waals surface area contributed by atoms with Crippen LogP contribution in [0.5, 0.6) is 5.75 Å². The first-order chi connectivity index (χ1) is 16.0. The highest BCUT2D eigenvalue weighted by Crippen LogP contribution is 2.32. The Balaban J connectivity index is 0.000000245. The smallest absolute Gasteiger partial charge is 0.144 e. The molecule has 0 radical (unpaired) electrons. The maximum Gasteiger partial charge on any atom is 0.144 e. The molecule has 8 heteroatoms. The number of nitrogens with zero attached hydrogens (tertiary/aromatic N) is 1. The maximum absolute atomic E-state index is 10.1. The van der Waals surface area contributed by atoms with Crippen molar-refractivity contribution in [1.29, 1.82) is 0 Å². The molecule has 0 aliphatic heterocycles. The van der Waals surface area contributed by atoms with Gasteiger partial charge in [-0.2, -0.15) is 0 Å². The first-order valence-electron chi connectivity index (χ1n) is 10.0. The van der Waals surface area contributed by atoms with Gasteiger partial charge in [-0.15, -0.1) is 0 Å². The number of amidine groups is 1. The lowest BCUT2D eigenvalue weighted by Gasteiger charge is -2.11. The topological polar surface area (TPSA) is 88.7 Å². The van der Waals surface area contributed by atoms with Crippen molar-refractivity contribution in [2.45, 2.75) is 11.8 Å². The number of benzene rings is 3. The fraction of sp³-hybridized carbons (Fsp3) is 0.120. The quantitative estimate of drug-likeness (QED) is 0.108. The molecule has 33 heavy (non-hydrogen) atoms. The Morgan fingerprint density at radius 1 is 1.06 bits per heavy atom. The highest BCUT2D eigenvalue weighted by molar-refractivity contribution is 9.10. The summed E-state index contributed by atoms with van der Waals surface area (Å²) in [5.74, 6) is 1.27. The van der Waals surface area contributed by atoms with Gasteiger partial charge in [0.15, 0.2) is 0 Å². The summed E-state index contributed by atoms with van der Waals surface area (Å²) in [6, 6.07) is 23.5. The molecule has 0 saturated heterocycles. The third kappa shape index (κ3) is 9.03. The van der Waals surface area contributed by atoms with Crippen LogP contribution in [0.1, 0.15) is 12.5 Å². The van der Waals surface area contributed by atoms with Crippen molar-refractivity contribution in [3.8, 4) is 5.75 Å². The number of rotatable bonds is 8. The number of carbonyl (C=O) groups is 1. The average molecular weight is 527 g/mol. The number of carbonyl (C=O) groups excluding carboxylic acids is 1. The number of halogens is 1. The Morgan fingerprint density at radius 3 is 2.33 bits per heavy atom. The first kappa shape index (κ1) is 26.0. The van der Waals surface area contributed by atoms with Crippen LogP contribution in [0.15, 0.2) is 98.9 Å². The zero-order valence-corrected chi connectivity index (χ0v) is 21.1. The van der Waals surface area contributed by atoms with E-state index >= 15 is 0 Å². The summed E-state index contributed by atoms with van der Waals surface area (Å²) in [7, 11) is 3.58. The van der Waals surface area contributed by atoms with Crippen molar-refractivity contribution in [3.63, 3.8) is 0 Å². The van der Waals surface area contributed by atoms with E-state index in [4.69, 9.17) is 10.5 Å². The number of methoxy groups -OCH3 is 1. The zero-order chi connectivity index (χ0) is 24.1. The van der Waals surface area contributed by atoms with Crippen molar-refractivity contribution in [3.05, 3.63) is 94.6 Å². The van der Waals surface area contributed by atoms with E-state index in [0.717, 1.165) is 32.1 Å². The Bertz CT molecular complexity index is 1090. The van der Waals surface area contributed by atoms with E-state index in [1.165, 1.54) is 18.0 Å². The number of allylic oxidation sites excluding steroid dienone is 2. The molecule has 0 heterocycles. The first-order valence-corrected chi connectivity index (χ1v) is 11.6. The van der Waals surface area contributed by atoms with Crippen molar-refractivity contribution in [1.82, 2.24) is 0 Å². The number of aldehydes is 1. The molecule has 0 aromatic heterocycles. The van der Waals surface area contributed by atoms with E-state index in [9.17, 15) is 4.79 Å². The molecule has 0 unspecified atom stereocenters. The second-order valence-corrected chi connectivity index (χ2v) is 8.40. The number of ether oxygens (including phenoxy) is 1. The largest absolute Gasteiger partial charge is 0.496 e. The van der Waals surface area contributed by atoms with Crippen molar-refractivity contribution in [2.75, 3.05) is 24.2 Å². The number of hydrogen-bond acceptors (Lipinski definition) is 6. The monoisotopic (exact) mass is 526 g/mol. The maximum atomic E-state index is 10.1. The van der Waals surface area contributed by atoms with Gasteiger partial charge in [-0.3, -0.25) is 4.79 Å². The second kappa shape index (κ2) is 14.0. The van der Waals surface area contributed by atoms with Crippen LogP contribution in [0, 0.1) is 0 Å². The van der Waals surface area contributed by atoms with Gasteiger partial charge in [0.25, 0.3) is 0 Å². The van der Waals surface area contributed by atoms with Gasteiger partial charge in [0.05, 0.1) is 12.0 Å². The molecule has 0 atom stereocenters. The van der Waals surface area contributed by atoms with Crippen LogP contribution >= 0.6 is 27.9 Å². The molecule has 0 amide bonds. The van der Waals surface area contributed by atoms with Crippen LogP contribution in [0.4, 0.5) is 11.4 Å². The summed E-state index contributed by atoms with van der Waals surface area (Å²) in [5, 5.41) is 3.12. The summed E-state index contributed by atoms with van der Waals surface area (Å²) in [4.78, 5) is 15.2. The van der Waals surface area contributed by atoms with Gasteiger partial charge >= 0.3 is 0 Å². The molecular formula is C25H27BrN4O2S. The fourth-order valence-electron chi connectivity index (χ4n) is 2.54. The van der Waals surface area contributed by atoms with Gasteiger partial charge in [0.2, 0.25) is 0 Å². The molecule has 0 spiro atoms. The van der Waals surface area contributed by atoms with E-state index in [1.807, 2.05) is 73.8 Å². The zero-order valence-electron chi connectivity index (χ0n) is 18.7. The minimum atomic E-state index is 0.418. The number of hydrogen-bond donors (Lipinski definition) is 3. The second-order valence-electron chi connectivity index (χ2n) is 6.63. The number of aliphatic imine (C=N–C) groups is 1. The average Bonchev–Trinajstić information content (AvgIpc) is 2.84. The summed E-state index contributed by atoms with van der Waals surface area (Å²) in [6.45, 7) is 1.73. The third-order valence-corrected chi connectivity index (χ3v) is 5.66. The summed E-state index contributed by atoms with van der Waals surface area (Å²) >= 11 is 4.95. The number of nitrogens with two attached hydrogens (primary N) is 1. The lowest BCUT2D eigenvalue weighted by atomic mass is 10.2. The molecule has 0 bridgehead atoms. The summed E-state index contributed by atoms with van der Waals surface area (Å²) < 4.78 is 9.73. The summed E-state index contributed by atoms with van der Waals surface area (Å²) in [5.41, 5.74) is 9.27. The van der Waals surface area contributed by atoms with Crippen LogP contribution in [-0.2, 0) is 4.79 Å². The van der Waals surface area contributed by atoms with Crippen molar-refractivity contribution < 1.29 is 9.53 Å². The fourth-order valence-corrected chi connectivity index (χ4v) is 3.61. The molecule has 3 aromatic rings. The van der Waals surface area contributed by atoms with Crippen LogP contribution in [0.2, 0.25) is 0 Å². The van der Waals surface area contributed by atoms with Crippen LogP contribution in [-0.4, -0.2) is 26.3 Å². The van der Waals surface area contributed by atoms with E-state index in [-0.39, 0.29) is 0 Å². The molecule has 6 nitrogen and oxygen atoms in total. The lowest BCUT2D eigenvalue weighted by Crippen LogP contribution is -2.12. The molecule has 4 N–H and O–H groups in total. The highest BCUT2D eigenvalue weighted by Gasteiger charge is 2.05. The predicted molar refractivity (Wildman–Crippen MR) is 143 cm³/mol. The van der Waals surface area contributed by atoms with Crippen LogP contribution in [0.25, 0.3) is 0 Å². The normalized spacial score (nSPS) is 11.2. The van der Waals surface area contributed by atoms with Crippen LogP contribution in [0.3, 0.4) is 0 Å². The van der Waals surface area contributed by atoms with Gasteiger partial charge in [-0.1, -0.05) is 46.3 Å². The van der Waals surface area contributed by atoms with Crippen molar-refractivity contribution in [2.24, 2.45) is 10.7 Å². The van der Waals surface area contributed by atoms with E-state index in [1.54, 1.807) is 14.0 Å². The Morgan fingerprint density at radius 2 is 1.73 bits per heavy atom. The van der Waals surface area contributed by atoms with Crippen LogP contribution < -0.4 is 20.5 Å². The minimum absolute atomic E-state index is 0.418. The predicted octanol–water partition coefficient (Wildman–Crippen LogP) is 6.11. The Labute approximate surface area is 207 Å². The van der Waals surface area contributed by atoms with Gasteiger partial charge in [-0.25, -0.2) is 4.99 Å². The molecular weight excluding hydrogens is 500 g/mol. The Hall–Kier alpha value is -3.23. The van der Waals surface area contributed by atoms with Crippen molar-refractivity contribution >= 4 is 51.4 Å². The highest BCUT2D eigenvalue weighted by atomic mass is 79.9. The van der Waals surface area contributed by atoms with Gasteiger partial charge in [0, 0.05) is 34.2 Å². The molecule has 0 aliphatic rings. The summed E-state index contributed by atoms with van der Waals surface area (Å²) in [6.07, 6.45) is 2.06. The molecule has 0 fully saturated rings. The molecule has 0 saturated carbocycles. The number of anilines is 2. The third-order valence-electron chi connectivity index (χ3n) is 4.25. The SMILES string of the molecule is C/C(=C\C=O)N=C(N)c1ccccc1.CNc1ccc(OC)c(SNc2ccc(Br)cc2)c1. The minimum Gasteiger partial charge on any atom is -0.496 e. The molecule has 3 aromatic carbocycles. The van der Waals surface area contributed by atoms with E-state index < -0.39 is 0 Å². The van der Waals surface area contributed by atoms with E-state index in [0.29, 0.717) is 17.8 Å².